The zero-order chi connectivity index (χ0) is 9.19. The third-order valence-corrected chi connectivity index (χ3v) is 2.06. The second-order valence-corrected chi connectivity index (χ2v) is 2.99. The van der Waals surface area contributed by atoms with Crippen LogP contribution in [0.2, 0.25) is 0 Å². The number of halogens is 3. The lowest BCUT2D eigenvalue weighted by atomic mass is 10.1. The highest BCUT2D eigenvalue weighted by Crippen LogP contribution is 2.18. The average Bonchev–Trinajstić information content (AvgIpc) is 1.79. The van der Waals surface area contributed by atoms with Crippen molar-refractivity contribution in [2.45, 2.75) is 19.1 Å². The summed E-state index contributed by atoms with van der Waals surface area (Å²) in [5.74, 6) is 0. The molecule has 0 saturated carbocycles. The standard InChI is InChI=1S/C7H13F3N2/c1-2-12(5-7(8,9)10)6-3-11-4-6/h6,11H,2-5H2,1H3. The summed E-state index contributed by atoms with van der Waals surface area (Å²) in [4.78, 5) is 1.45. The first-order valence-corrected chi connectivity index (χ1v) is 4.04. The van der Waals surface area contributed by atoms with Crippen molar-refractivity contribution in [2.75, 3.05) is 26.2 Å². The van der Waals surface area contributed by atoms with E-state index in [0.29, 0.717) is 19.6 Å². The van der Waals surface area contributed by atoms with Gasteiger partial charge in [0, 0.05) is 19.1 Å². The molecule has 2 nitrogen and oxygen atoms in total. The summed E-state index contributed by atoms with van der Waals surface area (Å²) in [5, 5.41) is 2.95. The Morgan fingerprint density at radius 3 is 2.25 bits per heavy atom. The molecule has 12 heavy (non-hydrogen) atoms. The molecule has 1 heterocycles. The first kappa shape index (κ1) is 9.80. The average molecular weight is 182 g/mol. The van der Waals surface area contributed by atoms with Gasteiger partial charge in [0.05, 0.1) is 6.54 Å². The molecule has 0 aromatic heterocycles. The van der Waals surface area contributed by atoms with E-state index in [0.717, 1.165) is 0 Å². The Balaban J connectivity index is 2.34. The maximum atomic E-state index is 12.0. The zero-order valence-electron chi connectivity index (χ0n) is 6.99. The van der Waals surface area contributed by atoms with E-state index in [-0.39, 0.29) is 6.04 Å². The Labute approximate surface area is 69.7 Å². The van der Waals surface area contributed by atoms with E-state index < -0.39 is 12.7 Å². The van der Waals surface area contributed by atoms with Gasteiger partial charge >= 0.3 is 6.18 Å². The lowest BCUT2D eigenvalue weighted by Crippen LogP contribution is -2.58. The summed E-state index contributed by atoms with van der Waals surface area (Å²) in [6.45, 7) is 2.81. The van der Waals surface area contributed by atoms with Crippen molar-refractivity contribution >= 4 is 0 Å². The topological polar surface area (TPSA) is 15.3 Å². The molecule has 0 unspecified atom stereocenters. The molecule has 5 heteroatoms. The van der Waals surface area contributed by atoms with Gasteiger partial charge in [-0.05, 0) is 6.54 Å². The molecule has 0 radical (unpaired) electrons. The minimum Gasteiger partial charge on any atom is -0.314 e. The molecule has 0 atom stereocenters. The summed E-state index contributed by atoms with van der Waals surface area (Å²) in [6.07, 6.45) is -4.06. The first-order valence-electron chi connectivity index (χ1n) is 4.04. The maximum Gasteiger partial charge on any atom is 0.401 e. The van der Waals surface area contributed by atoms with Crippen molar-refractivity contribution in [3.05, 3.63) is 0 Å². The zero-order valence-corrected chi connectivity index (χ0v) is 6.99. The van der Waals surface area contributed by atoms with Crippen LogP contribution in [0.5, 0.6) is 0 Å². The molecule has 0 amide bonds. The molecule has 1 aliphatic rings. The quantitative estimate of drug-likeness (QED) is 0.695. The van der Waals surface area contributed by atoms with E-state index in [1.54, 1.807) is 6.92 Å². The van der Waals surface area contributed by atoms with Gasteiger partial charge in [0.1, 0.15) is 0 Å². The highest BCUT2D eigenvalue weighted by atomic mass is 19.4. The lowest BCUT2D eigenvalue weighted by Gasteiger charge is -2.37. The fraction of sp³-hybridized carbons (Fsp3) is 1.00. The van der Waals surface area contributed by atoms with Crippen LogP contribution in [0.3, 0.4) is 0 Å². The van der Waals surface area contributed by atoms with Gasteiger partial charge in [-0.1, -0.05) is 6.92 Å². The van der Waals surface area contributed by atoms with Crippen LogP contribution in [0.4, 0.5) is 13.2 Å². The molecule has 1 N–H and O–H groups in total. The van der Waals surface area contributed by atoms with Gasteiger partial charge in [0.15, 0.2) is 0 Å². The van der Waals surface area contributed by atoms with Crippen LogP contribution in [0.25, 0.3) is 0 Å². The Morgan fingerprint density at radius 1 is 1.42 bits per heavy atom. The van der Waals surface area contributed by atoms with Gasteiger partial charge in [0.25, 0.3) is 0 Å². The Kier molecular flexibility index (Phi) is 2.95. The minimum absolute atomic E-state index is 0.0802. The molecule has 1 fully saturated rings. The number of nitrogens with zero attached hydrogens (tertiary/aromatic N) is 1. The Hall–Kier alpha value is -0.290. The molecular formula is C7H13F3N2. The van der Waals surface area contributed by atoms with Gasteiger partial charge < -0.3 is 5.32 Å². The van der Waals surface area contributed by atoms with E-state index in [2.05, 4.69) is 5.32 Å². The number of likely N-dealkylation sites (N-methyl/N-ethyl adjacent to an activating group) is 1. The van der Waals surface area contributed by atoms with E-state index in [1.807, 2.05) is 0 Å². The molecule has 1 aliphatic heterocycles. The van der Waals surface area contributed by atoms with Gasteiger partial charge in [-0.25, -0.2) is 0 Å². The second-order valence-electron chi connectivity index (χ2n) is 2.99. The smallest absolute Gasteiger partial charge is 0.314 e. The molecule has 72 valence electrons. The third-order valence-electron chi connectivity index (χ3n) is 2.06. The van der Waals surface area contributed by atoms with Crippen LogP contribution >= 0.6 is 0 Å². The van der Waals surface area contributed by atoms with Crippen molar-refractivity contribution < 1.29 is 13.2 Å². The van der Waals surface area contributed by atoms with Crippen molar-refractivity contribution in [3.8, 4) is 0 Å². The van der Waals surface area contributed by atoms with Crippen LogP contribution in [0, 0.1) is 0 Å². The summed E-state index contributed by atoms with van der Waals surface area (Å²) in [5.41, 5.74) is 0. The van der Waals surface area contributed by atoms with Crippen molar-refractivity contribution in [3.63, 3.8) is 0 Å². The minimum atomic E-state index is -4.06. The van der Waals surface area contributed by atoms with Crippen molar-refractivity contribution in [2.24, 2.45) is 0 Å². The number of nitrogens with one attached hydrogen (secondary N) is 1. The number of hydrogen-bond donors (Lipinski definition) is 1. The first-order chi connectivity index (χ1) is 5.53. The molecule has 0 aromatic rings. The molecule has 0 aromatic carbocycles. The number of rotatable bonds is 3. The normalized spacial score (nSPS) is 19.8. The highest BCUT2D eigenvalue weighted by molar-refractivity contribution is 4.84. The van der Waals surface area contributed by atoms with Crippen LogP contribution in [-0.2, 0) is 0 Å². The maximum absolute atomic E-state index is 12.0. The molecular weight excluding hydrogens is 169 g/mol. The fourth-order valence-electron chi connectivity index (χ4n) is 1.26. The van der Waals surface area contributed by atoms with E-state index in [1.165, 1.54) is 4.90 Å². The van der Waals surface area contributed by atoms with Gasteiger partial charge in [-0.2, -0.15) is 13.2 Å². The number of hydrogen-bond acceptors (Lipinski definition) is 2. The molecule has 0 bridgehead atoms. The SMILES string of the molecule is CCN(CC(F)(F)F)C1CNC1. The van der Waals surface area contributed by atoms with Gasteiger partial charge in [0.2, 0.25) is 0 Å². The lowest BCUT2D eigenvalue weighted by molar-refractivity contribution is -0.152. The van der Waals surface area contributed by atoms with Crippen LogP contribution in [0.15, 0.2) is 0 Å². The van der Waals surface area contributed by atoms with Crippen LogP contribution in [0.1, 0.15) is 6.92 Å². The monoisotopic (exact) mass is 182 g/mol. The number of alkyl halides is 3. The summed E-state index contributed by atoms with van der Waals surface area (Å²) < 4.78 is 35.9. The van der Waals surface area contributed by atoms with Crippen molar-refractivity contribution in [1.82, 2.24) is 10.2 Å². The largest absolute Gasteiger partial charge is 0.401 e. The summed E-state index contributed by atoms with van der Waals surface area (Å²) in [6, 6.07) is 0.0802. The van der Waals surface area contributed by atoms with Gasteiger partial charge in [-0.15, -0.1) is 0 Å². The van der Waals surface area contributed by atoms with Crippen LogP contribution < -0.4 is 5.32 Å². The predicted octanol–water partition coefficient (Wildman–Crippen LogP) is 0.842. The third kappa shape index (κ3) is 2.64. The van der Waals surface area contributed by atoms with E-state index in [4.69, 9.17) is 0 Å². The molecule has 1 rings (SSSR count). The van der Waals surface area contributed by atoms with Gasteiger partial charge in [-0.3, -0.25) is 4.90 Å². The predicted molar refractivity (Wildman–Crippen MR) is 40.0 cm³/mol. The second kappa shape index (κ2) is 3.62. The van der Waals surface area contributed by atoms with Crippen LogP contribution in [-0.4, -0.2) is 43.3 Å². The van der Waals surface area contributed by atoms with E-state index >= 15 is 0 Å². The van der Waals surface area contributed by atoms with E-state index in [9.17, 15) is 13.2 Å². The Bertz CT molecular complexity index is 142. The molecule has 0 spiro atoms. The molecule has 0 aliphatic carbocycles. The summed E-state index contributed by atoms with van der Waals surface area (Å²) >= 11 is 0. The Morgan fingerprint density at radius 2 is 2.00 bits per heavy atom. The highest BCUT2D eigenvalue weighted by Gasteiger charge is 2.34. The fourth-order valence-corrected chi connectivity index (χ4v) is 1.26. The molecule has 1 saturated heterocycles. The van der Waals surface area contributed by atoms with Crippen molar-refractivity contribution in [1.29, 1.82) is 0 Å². The summed E-state index contributed by atoms with van der Waals surface area (Å²) in [7, 11) is 0.